The number of carbonyl (C=O) groups is 2. The van der Waals surface area contributed by atoms with Crippen LogP contribution in [-0.2, 0) is 23.9 Å². The molecule has 1 aliphatic rings. The molecule has 0 aliphatic carbocycles. The van der Waals surface area contributed by atoms with Crippen molar-refractivity contribution in [1.82, 2.24) is 9.97 Å². The largest absolute Gasteiger partial charge is 0.348 e. The van der Waals surface area contributed by atoms with Gasteiger partial charge in [-0.1, -0.05) is 11.6 Å². The highest BCUT2D eigenvalue weighted by atomic mass is 35.5. The Hall–Kier alpha value is -2.01. The van der Waals surface area contributed by atoms with Gasteiger partial charge < -0.3 is 14.8 Å². The van der Waals surface area contributed by atoms with Gasteiger partial charge in [0, 0.05) is 0 Å². The highest BCUT2D eigenvalue weighted by molar-refractivity contribution is 6.33. The van der Waals surface area contributed by atoms with Crippen molar-refractivity contribution in [3.8, 4) is 0 Å². The quantitative estimate of drug-likeness (QED) is 0.417. The van der Waals surface area contributed by atoms with Crippen molar-refractivity contribution in [3.63, 3.8) is 0 Å². The first-order chi connectivity index (χ1) is 11.4. The Bertz CT molecular complexity index is 605. The number of hydroxylamine groups is 1. The number of hydrogen-bond donors (Lipinski definition) is 2. The van der Waals surface area contributed by atoms with Crippen molar-refractivity contribution in [2.75, 3.05) is 36.0 Å². The van der Waals surface area contributed by atoms with Gasteiger partial charge in [0.1, 0.15) is 11.7 Å². The number of carbonyl (C=O) groups excluding carboxylic acids is 2. The lowest BCUT2D eigenvalue weighted by Crippen LogP contribution is -2.50. The molecule has 1 fully saturated rings. The van der Waals surface area contributed by atoms with Gasteiger partial charge >= 0.3 is 0 Å². The first-order valence-corrected chi connectivity index (χ1v) is 7.38. The summed E-state index contributed by atoms with van der Waals surface area (Å²) < 4.78 is 11.2. The van der Waals surface area contributed by atoms with E-state index in [9.17, 15) is 9.59 Å². The van der Waals surface area contributed by atoms with Crippen molar-refractivity contribution >= 4 is 41.9 Å². The summed E-state index contributed by atoms with van der Waals surface area (Å²) in [5.41, 5.74) is 0.134. The fraction of sp³-hybridized carbons (Fsp3) is 0.538. The van der Waals surface area contributed by atoms with Crippen LogP contribution in [0.25, 0.3) is 0 Å². The van der Waals surface area contributed by atoms with E-state index >= 15 is 0 Å². The van der Waals surface area contributed by atoms with Gasteiger partial charge in [0.05, 0.1) is 20.3 Å². The molecule has 0 aromatic carbocycles. The monoisotopic (exact) mass is 359 g/mol. The van der Waals surface area contributed by atoms with Gasteiger partial charge in [-0.05, 0) is 13.8 Å². The summed E-state index contributed by atoms with van der Waals surface area (Å²) in [5.74, 6) is -0.583. The molecule has 11 heteroatoms. The zero-order valence-electron chi connectivity index (χ0n) is 13.4. The van der Waals surface area contributed by atoms with Gasteiger partial charge in [-0.25, -0.2) is 5.06 Å². The van der Waals surface area contributed by atoms with Gasteiger partial charge in [0.15, 0.2) is 16.8 Å². The van der Waals surface area contributed by atoms with Crippen molar-refractivity contribution in [3.05, 3.63) is 5.15 Å². The fourth-order valence-electron chi connectivity index (χ4n) is 2.11. The van der Waals surface area contributed by atoms with Gasteiger partial charge in [-0.2, -0.15) is 9.97 Å². The van der Waals surface area contributed by atoms with E-state index in [1.165, 1.54) is 12.2 Å². The zero-order valence-corrected chi connectivity index (χ0v) is 14.2. The number of nitrogens with one attached hydrogen (secondary N) is 2. The number of anilines is 3. The maximum absolute atomic E-state index is 10.9. The number of aromatic nitrogens is 2. The maximum Gasteiger partial charge on any atom is 0.232 e. The molecule has 0 atom stereocenters. The zero-order chi connectivity index (χ0) is 17.7. The fourth-order valence-corrected chi connectivity index (χ4v) is 2.33. The van der Waals surface area contributed by atoms with Crippen LogP contribution in [0.1, 0.15) is 13.8 Å². The Morgan fingerprint density at radius 1 is 1.25 bits per heavy atom. The predicted octanol–water partition coefficient (Wildman–Crippen LogP) is 0.786. The Morgan fingerprint density at radius 3 is 2.42 bits per heavy atom. The van der Waals surface area contributed by atoms with Crippen LogP contribution in [0.3, 0.4) is 0 Å². The molecule has 2 N–H and O–H groups in total. The van der Waals surface area contributed by atoms with Crippen molar-refractivity contribution in [2.45, 2.75) is 25.7 Å². The van der Waals surface area contributed by atoms with Gasteiger partial charge in [0.2, 0.25) is 18.8 Å². The van der Waals surface area contributed by atoms with E-state index in [0.717, 1.165) is 0 Å². The van der Waals surface area contributed by atoms with Crippen molar-refractivity contribution < 1.29 is 23.9 Å². The standard InChI is InChI=1S/C13H18ClN5O5/c1-13(2)23-4-8(5-24-13)19(22-3)11-9(15-6-20)10(14)17-12(18-11)16-7-21/h6-8H,4-5H2,1-3H3,(H,15,20)(H,16,17,18,21). The second kappa shape index (κ2) is 7.71. The molecule has 0 bridgehead atoms. The van der Waals surface area contributed by atoms with Crippen LogP contribution in [0.4, 0.5) is 17.5 Å². The van der Waals surface area contributed by atoms with E-state index in [4.69, 9.17) is 25.9 Å². The Morgan fingerprint density at radius 2 is 1.88 bits per heavy atom. The van der Waals surface area contributed by atoms with Crippen LogP contribution >= 0.6 is 11.6 Å². The third-order valence-electron chi connectivity index (χ3n) is 3.22. The first-order valence-electron chi connectivity index (χ1n) is 7.01. The third-order valence-corrected chi connectivity index (χ3v) is 3.49. The summed E-state index contributed by atoms with van der Waals surface area (Å²) in [4.78, 5) is 34.9. The molecule has 1 saturated heterocycles. The Labute approximate surface area is 143 Å². The maximum atomic E-state index is 10.9. The molecule has 0 radical (unpaired) electrons. The first kappa shape index (κ1) is 18.3. The number of amides is 2. The molecule has 2 heterocycles. The SMILES string of the molecule is CON(c1nc(NC=O)nc(Cl)c1NC=O)C1COC(C)(C)OC1. The smallest absolute Gasteiger partial charge is 0.232 e. The van der Waals surface area contributed by atoms with E-state index in [1.807, 2.05) is 0 Å². The Balaban J connectivity index is 2.38. The second-order valence-corrected chi connectivity index (χ2v) is 5.60. The van der Waals surface area contributed by atoms with Crippen LogP contribution in [0.2, 0.25) is 5.15 Å². The van der Waals surface area contributed by atoms with E-state index in [-0.39, 0.29) is 28.6 Å². The summed E-state index contributed by atoms with van der Waals surface area (Å²) in [7, 11) is 1.42. The molecule has 24 heavy (non-hydrogen) atoms. The minimum absolute atomic E-state index is 0.0403. The molecular formula is C13H18ClN5O5. The molecule has 2 rings (SSSR count). The minimum Gasteiger partial charge on any atom is -0.348 e. The van der Waals surface area contributed by atoms with Crippen LogP contribution in [0.15, 0.2) is 0 Å². The summed E-state index contributed by atoms with van der Waals surface area (Å²) in [6.45, 7) is 4.18. The topological polar surface area (TPSA) is 115 Å². The summed E-state index contributed by atoms with van der Waals surface area (Å²) >= 11 is 6.06. The number of hydrogen-bond acceptors (Lipinski definition) is 8. The molecule has 2 amide bonds. The number of ether oxygens (including phenoxy) is 2. The summed E-state index contributed by atoms with van der Waals surface area (Å²) in [6.07, 6.45) is 0.848. The number of halogens is 1. The molecule has 10 nitrogen and oxygen atoms in total. The average molecular weight is 360 g/mol. The third kappa shape index (κ3) is 4.09. The van der Waals surface area contributed by atoms with E-state index in [2.05, 4.69) is 20.6 Å². The van der Waals surface area contributed by atoms with E-state index in [0.29, 0.717) is 26.0 Å². The van der Waals surface area contributed by atoms with Gasteiger partial charge in [-0.3, -0.25) is 19.7 Å². The van der Waals surface area contributed by atoms with Crippen molar-refractivity contribution in [2.24, 2.45) is 0 Å². The molecule has 1 aromatic rings. The average Bonchev–Trinajstić information content (AvgIpc) is 2.53. The summed E-state index contributed by atoms with van der Waals surface area (Å²) in [5, 5.41) is 6.05. The van der Waals surface area contributed by atoms with Crippen molar-refractivity contribution in [1.29, 1.82) is 0 Å². The van der Waals surface area contributed by atoms with E-state index in [1.54, 1.807) is 13.8 Å². The lowest BCUT2D eigenvalue weighted by Gasteiger charge is -2.39. The molecule has 1 aliphatic heterocycles. The highest BCUT2D eigenvalue weighted by Crippen LogP contribution is 2.33. The molecule has 0 spiro atoms. The molecule has 132 valence electrons. The lowest BCUT2D eigenvalue weighted by molar-refractivity contribution is -0.255. The van der Waals surface area contributed by atoms with E-state index < -0.39 is 5.79 Å². The second-order valence-electron chi connectivity index (χ2n) is 5.25. The highest BCUT2D eigenvalue weighted by Gasteiger charge is 2.34. The molecule has 0 saturated carbocycles. The van der Waals surface area contributed by atoms with Gasteiger partial charge in [0.25, 0.3) is 0 Å². The molecular weight excluding hydrogens is 342 g/mol. The van der Waals surface area contributed by atoms with Crippen LogP contribution in [0, 0.1) is 0 Å². The molecule has 1 aromatic heterocycles. The predicted molar refractivity (Wildman–Crippen MR) is 85.7 cm³/mol. The Kier molecular flexibility index (Phi) is 5.89. The van der Waals surface area contributed by atoms with Crippen LogP contribution in [-0.4, -0.2) is 54.9 Å². The number of rotatable bonds is 7. The lowest BCUT2D eigenvalue weighted by atomic mass is 10.2. The van der Waals surface area contributed by atoms with Crippen LogP contribution in [0.5, 0.6) is 0 Å². The minimum atomic E-state index is -0.701. The number of nitrogens with zero attached hydrogens (tertiary/aromatic N) is 3. The van der Waals surface area contributed by atoms with Crippen LogP contribution < -0.4 is 15.7 Å². The normalized spacial score (nSPS) is 17.2. The molecule has 0 unspecified atom stereocenters. The van der Waals surface area contributed by atoms with Gasteiger partial charge in [-0.15, -0.1) is 0 Å². The summed E-state index contributed by atoms with van der Waals surface area (Å²) in [6, 6.07) is -0.356.